The summed E-state index contributed by atoms with van der Waals surface area (Å²) in [6.45, 7) is 9.38. The Labute approximate surface area is 99.5 Å². The van der Waals surface area contributed by atoms with Crippen molar-refractivity contribution in [1.29, 1.82) is 0 Å². The summed E-state index contributed by atoms with van der Waals surface area (Å²) in [7, 11) is 1.88. The summed E-state index contributed by atoms with van der Waals surface area (Å²) < 4.78 is 5.73. The average molecular weight is 226 g/mol. The lowest BCUT2D eigenvalue weighted by atomic mass is 9.73. The first-order valence-corrected chi connectivity index (χ1v) is 6.60. The van der Waals surface area contributed by atoms with Crippen LogP contribution in [0.3, 0.4) is 0 Å². The number of nitrogens with one attached hydrogen (secondary N) is 1. The Morgan fingerprint density at radius 2 is 1.94 bits per heavy atom. The Hall–Kier alpha value is -0.120. The van der Waals surface area contributed by atoms with Gasteiger partial charge in [-0.25, -0.2) is 0 Å². The summed E-state index contributed by atoms with van der Waals surface area (Å²) in [5.74, 6) is 0. The lowest BCUT2D eigenvalue weighted by molar-refractivity contribution is -0.0467. The molecule has 1 heterocycles. The van der Waals surface area contributed by atoms with Crippen LogP contribution in [-0.4, -0.2) is 50.3 Å². The average Bonchev–Trinajstić information content (AvgIpc) is 2.29. The van der Waals surface area contributed by atoms with Gasteiger partial charge < -0.3 is 10.1 Å². The minimum atomic E-state index is 0.432. The standard InChI is InChI=1S/C13H26N2O/c1-13(2)5-4-11(12(10-13)16-3)15-8-6-14-7-9-15/h11-12,14H,4-10H2,1-3H3. The first-order chi connectivity index (χ1) is 7.62. The molecule has 2 rings (SSSR count). The van der Waals surface area contributed by atoms with Gasteiger partial charge in [0.1, 0.15) is 0 Å². The Morgan fingerprint density at radius 3 is 2.56 bits per heavy atom. The maximum Gasteiger partial charge on any atom is 0.0731 e. The van der Waals surface area contributed by atoms with Gasteiger partial charge in [0.05, 0.1) is 6.10 Å². The summed E-state index contributed by atoms with van der Waals surface area (Å²) >= 11 is 0. The number of rotatable bonds is 2. The fourth-order valence-corrected chi connectivity index (χ4v) is 3.18. The van der Waals surface area contributed by atoms with Gasteiger partial charge in [-0.15, -0.1) is 0 Å². The molecule has 0 aromatic rings. The van der Waals surface area contributed by atoms with Gasteiger partial charge in [0.15, 0.2) is 0 Å². The molecule has 3 heteroatoms. The molecule has 1 aliphatic carbocycles. The number of methoxy groups -OCH3 is 1. The number of nitrogens with zero attached hydrogens (tertiary/aromatic N) is 1. The zero-order chi connectivity index (χ0) is 11.6. The summed E-state index contributed by atoms with van der Waals surface area (Å²) in [4.78, 5) is 2.62. The maximum atomic E-state index is 5.73. The molecule has 2 atom stereocenters. The van der Waals surface area contributed by atoms with Crippen LogP contribution in [0.25, 0.3) is 0 Å². The monoisotopic (exact) mass is 226 g/mol. The Balaban J connectivity index is 1.97. The van der Waals surface area contributed by atoms with Crippen LogP contribution < -0.4 is 5.32 Å². The van der Waals surface area contributed by atoms with E-state index in [-0.39, 0.29) is 0 Å². The molecule has 16 heavy (non-hydrogen) atoms. The lowest BCUT2D eigenvalue weighted by Crippen LogP contribution is -2.55. The molecule has 2 unspecified atom stereocenters. The molecule has 1 aliphatic heterocycles. The molecular formula is C13H26N2O. The number of ether oxygens (including phenoxy) is 1. The van der Waals surface area contributed by atoms with E-state index >= 15 is 0 Å². The van der Waals surface area contributed by atoms with E-state index in [1.54, 1.807) is 0 Å². The van der Waals surface area contributed by atoms with Crippen molar-refractivity contribution >= 4 is 0 Å². The second-order valence-electron chi connectivity index (χ2n) is 6.03. The van der Waals surface area contributed by atoms with Gasteiger partial charge in [-0.2, -0.15) is 0 Å². The third kappa shape index (κ3) is 2.76. The third-order valence-corrected chi connectivity index (χ3v) is 4.22. The van der Waals surface area contributed by atoms with E-state index in [0.717, 1.165) is 13.1 Å². The van der Waals surface area contributed by atoms with Crippen molar-refractivity contribution in [2.45, 2.75) is 45.3 Å². The van der Waals surface area contributed by atoms with Crippen LogP contribution in [0.1, 0.15) is 33.1 Å². The predicted molar refractivity (Wildman–Crippen MR) is 66.7 cm³/mol. The first kappa shape index (κ1) is 12.3. The maximum absolute atomic E-state index is 5.73. The van der Waals surface area contributed by atoms with E-state index < -0.39 is 0 Å². The molecule has 0 radical (unpaired) electrons. The van der Waals surface area contributed by atoms with Crippen LogP contribution in [0.2, 0.25) is 0 Å². The number of piperazine rings is 1. The van der Waals surface area contributed by atoms with Crippen LogP contribution in [0.15, 0.2) is 0 Å². The fourth-order valence-electron chi connectivity index (χ4n) is 3.18. The molecule has 0 aromatic heterocycles. The van der Waals surface area contributed by atoms with Crippen molar-refractivity contribution in [2.75, 3.05) is 33.3 Å². The predicted octanol–water partition coefficient (Wildman–Crippen LogP) is 1.49. The number of hydrogen-bond donors (Lipinski definition) is 1. The molecule has 2 aliphatic rings. The molecule has 0 bridgehead atoms. The van der Waals surface area contributed by atoms with Crippen molar-refractivity contribution in [3.05, 3.63) is 0 Å². The Kier molecular flexibility index (Phi) is 3.88. The van der Waals surface area contributed by atoms with E-state index in [1.807, 2.05) is 7.11 Å². The molecular weight excluding hydrogens is 200 g/mol. The van der Waals surface area contributed by atoms with Crippen LogP contribution in [0.4, 0.5) is 0 Å². The van der Waals surface area contributed by atoms with E-state index in [2.05, 4.69) is 24.1 Å². The van der Waals surface area contributed by atoms with Crippen LogP contribution in [0, 0.1) is 5.41 Å². The highest BCUT2D eigenvalue weighted by atomic mass is 16.5. The molecule has 1 N–H and O–H groups in total. The van der Waals surface area contributed by atoms with Gasteiger partial charge in [-0.3, -0.25) is 4.90 Å². The van der Waals surface area contributed by atoms with Gasteiger partial charge in [0.25, 0.3) is 0 Å². The lowest BCUT2D eigenvalue weighted by Gasteiger charge is -2.46. The van der Waals surface area contributed by atoms with Gasteiger partial charge >= 0.3 is 0 Å². The third-order valence-electron chi connectivity index (χ3n) is 4.22. The Morgan fingerprint density at radius 1 is 1.25 bits per heavy atom. The highest BCUT2D eigenvalue weighted by Gasteiger charge is 2.37. The topological polar surface area (TPSA) is 24.5 Å². The van der Waals surface area contributed by atoms with Gasteiger partial charge in [-0.05, 0) is 24.7 Å². The second kappa shape index (κ2) is 5.03. The van der Waals surface area contributed by atoms with Crippen molar-refractivity contribution in [3.8, 4) is 0 Å². The zero-order valence-corrected chi connectivity index (χ0v) is 11.0. The fraction of sp³-hybridized carbons (Fsp3) is 1.00. The van der Waals surface area contributed by atoms with Crippen molar-refractivity contribution in [3.63, 3.8) is 0 Å². The molecule has 1 saturated heterocycles. The molecule has 0 aromatic carbocycles. The highest BCUT2D eigenvalue weighted by molar-refractivity contribution is 4.92. The molecule has 2 fully saturated rings. The summed E-state index contributed by atoms with van der Waals surface area (Å²) in [6.07, 6.45) is 4.27. The SMILES string of the molecule is COC1CC(C)(C)CCC1N1CCNCC1. The van der Waals surface area contributed by atoms with Gasteiger partial charge in [0.2, 0.25) is 0 Å². The molecule has 0 amide bonds. The molecule has 0 spiro atoms. The van der Waals surface area contributed by atoms with Gasteiger partial charge in [-0.1, -0.05) is 13.8 Å². The first-order valence-electron chi connectivity index (χ1n) is 6.60. The van der Waals surface area contributed by atoms with Crippen molar-refractivity contribution in [2.24, 2.45) is 5.41 Å². The van der Waals surface area contributed by atoms with E-state index in [0.29, 0.717) is 17.6 Å². The minimum Gasteiger partial charge on any atom is -0.380 e. The van der Waals surface area contributed by atoms with E-state index in [4.69, 9.17) is 4.74 Å². The zero-order valence-electron chi connectivity index (χ0n) is 11.0. The molecule has 3 nitrogen and oxygen atoms in total. The number of hydrogen-bond acceptors (Lipinski definition) is 3. The second-order valence-corrected chi connectivity index (χ2v) is 6.03. The quantitative estimate of drug-likeness (QED) is 0.772. The molecule has 94 valence electrons. The van der Waals surface area contributed by atoms with Gasteiger partial charge in [0, 0.05) is 39.3 Å². The highest BCUT2D eigenvalue weighted by Crippen LogP contribution is 2.38. The largest absolute Gasteiger partial charge is 0.380 e. The summed E-state index contributed by atoms with van der Waals surface area (Å²) in [5, 5.41) is 3.42. The van der Waals surface area contributed by atoms with E-state index in [9.17, 15) is 0 Å². The summed E-state index contributed by atoms with van der Waals surface area (Å²) in [6, 6.07) is 0.653. The van der Waals surface area contributed by atoms with E-state index in [1.165, 1.54) is 32.4 Å². The summed E-state index contributed by atoms with van der Waals surface area (Å²) in [5.41, 5.74) is 0.464. The van der Waals surface area contributed by atoms with Crippen LogP contribution >= 0.6 is 0 Å². The van der Waals surface area contributed by atoms with Crippen LogP contribution in [0.5, 0.6) is 0 Å². The van der Waals surface area contributed by atoms with Crippen molar-refractivity contribution < 1.29 is 4.74 Å². The van der Waals surface area contributed by atoms with Crippen LogP contribution in [-0.2, 0) is 4.74 Å². The smallest absolute Gasteiger partial charge is 0.0731 e. The van der Waals surface area contributed by atoms with Crippen molar-refractivity contribution in [1.82, 2.24) is 10.2 Å². The minimum absolute atomic E-state index is 0.432. The normalized spacial score (nSPS) is 36.2. The molecule has 1 saturated carbocycles. The Bertz CT molecular complexity index is 224.